The van der Waals surface area contributed by atoms with E-state index in [4.69, 9.17) is 11.6 Å². The van der Waals surface area contributed by atoms with Crippen molar-refractivity contribution < 1.29 is 0 Å². The van der Waals surface area contributed by atoms with Crippen LogP contribution in [0.5, 0.6) is 0 Å². The molecule has 1 aromatic carbocycles. The maximum atomic E-state index is 6.20. The number of rotatable bonds is 2. The summed E-state index contributed by atoms with van der Waals surface area (Å²) in [5.41, 5.74) is 4.64. The van der Waals surface area contributed by atoms with Gasteiger partial charge in [0.1, 0.15) is 0 Å². The van der Waals surface area contributed by atoms with Gasteiger partial charge in [-0.25, -0.2) is 0 Å². The molecule has 1 atom stereocenters. The van der Waals surface area contributed by atoms with Crippen LogP contribution in [0.25, 0.3) is 0 Å². The van der Waals surface area contributed by atoms with Gasteiger partial charge in [-0.05, 0) is 79.9 Å². The molecule has 1 unspecified atom stereocenters. The van der Waals surface area contributed by atoms with E-state index in [1.165, 1.54) is 56.3 Å². The zero-order valence-corrected chi connectivity index (χ0v) is 10.3. The van der Waals surface area contributed by atoms with Crippen molar-refractivity contribution in [3.63, 3.8) is 0 Å². The number of benzene rings is 1. The van der Waals surface area contributed by atoms with Crippen molar-refractivity contribution in [1.82, 2.24) is 5.32 Å². The molecule has 0 saturated carbocycles. The SMILES string of the molecule is Clc1cc2c(c(CC3CCNC3)c1)CCC2. The largest absolute Gasteiger partial charge is 0.316 e. The van der Waals surface area contributed by atoms with E-state index in [0.717, 1.165) is 10.9 Å². The lowest BCUT2D eigenvalue weighted by molar-refractivity contribution is 0.577. The first kappa shape index (κ1) is 10.6. The Balaban J connectivity index is 1.87. The molecule has 1 fully saturated rings. The molecular formula is C14H18ClN. The summed E-state index contributed by atoms with van der Waals surface area (Å²) >= 11 is 6.20. The smallest absolute Gasteiger partial charge is 0.0411 e. The first-order chi connectivity index (χ1) is 7.83. The Morgan fingerprint density at radius 3 is 3.06 bits per heavy atom. The second-order valence-electron chi connectivity index (χ2n) is 5.12. The van der Waals surface area contributed by atoms with Crippen LogP contribution in [0.15, 0.2) is 12.1 Å². The number of hydrogen-bond acceptors (Lipinski definition) is 1. The third-order valence-corrected chi connectivity index (χ3v) is 4.16. The Labute approximate surface area is 102 Å². The van der Waals surface area contributed by atoms with E-state index < -0.39 is 0 Å². The Bertz CT molecular complexity index is 394. The number of halogens is 1. The predicted molar refractivity (Wildman–Crippen MR) is 68.2 cm³/mol. The Morgan fingerprint density at radius 1 is 1.31 bits per heavy atom. The lowest BCUT2D eigenvalue weighted by Gasteiger charge is -2.13. The summed E-state index contributed by atoms with van der Waals surface area (Å²) in [6.07, 6.45) is 6.34. The first-order valence-corrected chi connectivity index (χ1v) is 6.71. The molecular weight excluding hydrogens is 218 g/mol. The van der Waals surface area contributed by atoms with Gasteiger partial charge in [-0.15, -0.1) is 0 Å². The zero-order valence-electron chi connectivity index (χ0n) is 9.56. The molecule has 1 aliphatic carbocycles. The van der Waals surface area contributed by atoms with Crippen molar-refractivity contribution in [2.45, 2.75) is 32.1 Å². The second-order valence-corrected chi connectivity index (χ2v) is 5.56. The second kappa shape index (κ2) is 4.38. The quantitative estimate of drug-likeness (QED) is 0.831. The van der Waals surface area contributed by atoms with E-state index in [9.17, 15) is 0 Å². The highest BCUT2D eigenvalue weighted by atomic mass is 35.5. The highest BCUT2D eigenvalue weighted by molar-refractivity contribution is 6.30. The molecule has 3 rings (SSSR count). The van der Waals surface area contributed by atoms with Crippen molar-refractivity contribution in [3.8, 4) is 0 Å². The molecule has 1 heterocycles. The summed E-state index contributed by atoms with van der Waals surface area (Å²) in [4.78, 5) is 0. The molecule has 0 amide bonds. The van der Waals surface area contributed by atoms with Crippen molar-refractivity contribution in [3.05, 3.63) is 33.8 Å². The minimum absolute atomic E-state index is 0.822. The maximum absolute atomic E-state index is 6.20. The molecule has 2 aliphatic rings. The fourth-order valence-electron chi connectivity index (χ4n) is 3.14. The van der Waals surface area contributed by atoms with E-state index >= 15 is 0 Å². The van der Waals surface area contributed by atoms with Gasteiger partial charge in [-0.1, -0.05) is 11.6 Å². The van der Waals surface area contributed by atoms with Crippen LogP contribution in [-0.2, 0) is 19.3 Å². The van der Waals surface area contributed by atoms with Gasteiger partial charge in [-0.3, -0.25) is 0 Å². The summed E-state index contributed by atoms with van der Waals surface area (Å²) in [7, 11) is 0. The molecule has 1 N–H and O–H groups in total. The van der Waals surface area contributed by atoms with Gasteiger partial charge in [0.05, 0.1) is 0 Å². The molecule has 0 radical (unpaired) electrons. The zero-order chi connectivity index (χ0) is 11.0. The standard InChI is InChI=1S/C14H18ClN/c15-13-7-11-2-1-3-14(11)12(8-13)6-10-4-5-16-9-10/h7-8,10,16H,1-6,9H2. The molecule has 1 aromatic rings. The van der Waals surface area contributed by atoms with Crippen LogP contribution < -0.4 is 5.32 Å². The molecule has 16 heavy (non-hydrogen) atoms. The minimum atomic E-state index is 0.822. The van der Waals surface area contributed by atoms with Crippen LogP contribution in [0.4, 0.5) is 0 Å². The van der Waals surface area contributed by atoms with E-state index in [1.54, 1.807) is 5.56 Å². The van der Waals surface area contributed by atoms with Crippen LogP contribution in [0.1, 0.15) is 29.5 Å². The van der Waals surface area contributed by atoms with E-state index in [-0.39, 0.29) is 0 Å². The third kappa shape index (κ3) is 1.99. The summed E-state index contributed by atoms with van der Waals surface area (Å²) in [5.74, 6) is 0.822. The number of aryl methyl sites for hydroxylation is 1. The molecule has 0 aromatic heterocycles. The normalized spacial score (nSPS) is 23.7. The van der Waals surface area contributed by atoms with Crippen LogP contribution in [0.2, 0.25) is 5.02 Å². The van der Waals surface area contributed by atoms with Gasteiger partial charge in [0.25, 0.3) is 0 Å². The first-order valence-electron chi connectivity index (χ1n) is 6.34. The average molecular weight is 236 g/mol. The predicted octanol–water partition coefficient (Wildman–Crippen LogP) is 2.98. The summed E-state index contributed by atoms with van der Waals surface area (Å²) < 4.78 is 0. The molecule has 0 bridgehead atoms. The molecule has 1 aliphatic heterocycles. The topological polar surface area (TPSA) is 12.0 Å². The lowest BCUT2D eigenvalue weighted by atomic mass is 9.93. The highest BCUT2D eigenvalue weighted by Gasteiger charge is 2.20. The summed E-state index contributed by atoms with van der Waals surface area (Å²) in [6, 6.07) is 4.37. The van der Waals surface area contributed by atoms with Crippen molar-refractivity contribution in [2.24, 2.45) is 5.92 Å². The summed E-state index contributed by atoms with van der Waals surface area (Å²) in [6.45, 7) is 2.37. The fourth-order valence-corrected chi connectivity index (χ4v) is 3.40. The van der Waals surface area contributed by atoms with Gasteiger partial charge >= 0.3 is 0 Å². The Hall–Kier alpha value is -0.530. The van der Waals surface area contributed by atoms with E-state index in [1.807, 2.05) is 0 Å². The van der Waals surface area contributed by atoms with E-state index in [2.05, 4.69) is 17.4 Å². The van der Waals surface area contributed by atoms with Crippen LogP contribution in [0.3, 0.4) is 0 Å². The van der Waals surface area contributed by atoms with Gasteiger partial charge in [0, 0.05) is 5.02 Å². The summed E-state index contributed by atoms with van der Waals surface area (Å²) in [5, 5.41) is 4.37. The number of hydrogen-bond donors (Lipinski definition) is 1. The monoisotopic (exact) mass is 235 g/mol. The van der Waals surface area contributed by atoms with Crippen molar-refractivity contribution in [1.29, 1.82) is 0 Å². The third-order valence-electron chi connectivity index (χ3n) is 3.94. The Morgan fingerprint density at radius 2 is 2.25 bits per heavy atom. The average Bonchev–Trinajstić information content (AvgIpc) is 2.87. The molecule has 0 spiro atoms. The van der Waals surface area contributed by atoms with Gasteiger partial charge in [0.2, 0.25) is 0 Å². The fraction of sp³-hybridized carbons (Fsp3) is 0.571. The molecule has 1 saturated heterocycles. The Kier molecular flexibility index (Phi) is 2.91. The van der Waals surface area contributed by atoms with Crippen LogP contribution >= 0.6 is 11.6 Å². The van der Waals surface area contributed by atoms with Crippen LogP contribution in [-0.4, -0.2) is 13.1 Å². The minimum Gasteiger partial charge on any atom is -0.316 e. The van der Waals surface area contributed by atoms with Gasteiger partial charge in [-0.2, -0.15) is 0 Å². The maximum Gasteiger partial charge on any atom is 0.0411 e. The highest BCUT2D eigenvalue weighted by Crippen LogP contribution is 2.31. The van der Waals surface area contributed by atoms with Crippen LogP contribution in [0, 0.1) is 5.92 Å². The van der Waals surface area contributed by atoms with Crippen molar-refractivity contribution >= 4 is 11.6 Å². The molecule has 2 heteroatoms. The van der Waals surface area contributed by atoms with Gasteiger partial charge in [0.15, 0.2) is 0 Å². The molecule has 86 valence electrons. The molecule has 1 nitrogen and oxygen atoms in total. The lowest BCUT2D eigenvalue weighted by Crippen LogP contribution is -2.11. The van der Waals surface area contributed by atoms with Gasteiger partial charge < -0.3 is 5.32 Å². The number of nitrogens with one attached hydrogen (secondary N) is 1. The van der Waals surface area contributed by atoms with E-state index in [0.29, 0.717) is 0 Å². The number of fused-ring (bicyclic) bond motifs is 1. The van der Waals surface area contributed by atoms with Crippen molar-refractivity contribution in [2.75, 3.05) is 13.1 Å².